The van der Waals surface area contributed by atoms with Crippen LogP contribution in [0.4, 0.5) is 4.39 Å². The van der Waals surface area contributed by atoms with Crippen LogP contribution in [0.1, 0.15) is 12.5 Å². The number of ether oxygens (including phenoxy) is 1. The fourth-order valence-electron chi connectivity index (χ4n) is 1.31. The van der Waals surface area contributed by atoms with Gasteiger partial charge in [-0.05, 0) is 31.2 Å². The Labute approximate surface area is 81.2 Å². The summed E-state index contributed by atoms with van der Waals surface area (Å²) >= 11 is 0. The Morgan fingerprint density at radius 1 is 1.50 bits per heavy atom. The summed E-state index contributed by atoms with van der Waals surface area (Å²) < 4.78 is 18.2. The zero-order valence-corrected chi connectivity index (χ0v) is 7.62. The average molecular weight is 189 g/mol. The zero-order chi connectivity index (χ0) is 10.2. The summed E-state index contributed by atoms with van der Waals surface area (Å²) in [5, 5.41) is 8.83. The van der Waals surface area contributed by atoms with Gasteiger partial charge in [0.2, 0.25) is 5.60 Å². The van der Waals surface area contributed by atoms with Crippen molar-refractivity contribution in [2.45, 2.75) is 12.5 Å². The van der Waals surface area contributed by atoms with Crippen molar-refractivity contribution in [3.8, 4) is 11.8 Å². The molecule has 1 aromatic carbocycles. The van der Waals surface area contributed by atoms with Crippen molar-refractivity contribution in [2.75, 3.05) is 0 Å². The molecule has 0 saturated carbocycles. The molecule has 0 amide bonds. The topological polar surface area (TPSA) is 33.0 Å². The molecule has 0 bridgehead atoms. The molecule has 1 aromatic rings. The lowest BCUT2D eigenvalue weighted by atomic mass is 10.0. The quantitative estimate of drug-likeness (QED) is 0.628. The normalized spacial score (nSPS) is 23.5. The van der Waals surface area contributed by atoms with E-state index in [0.29, 0.717) is 11.3 Å². The first-order valence-corrected chi connectivity index (χ1v) is 4.22. The van der Waals surface area contributed by atoms with Crippen molar-refractivity contribution >= 4 is 6.08 Å². The molecule has 0 saturated heterocycles. The van der Waals surface area contributed by atoms with Crippen LogP contribution in [0.25, 0.3) is 6.08 Å². The van der Waals surface area contributed by atoms with Gasteiger partial charge in [-0.2, -0.15) is 5.26 Å². The fraction of sp³-hybridized carbons (Fsp3) is 0.182. The second-order valence-corrected chi connectivity index (χ2v) is 3.34. The third-order valence-corrected chi connectivity index (χ3v) is 2.10. The van der Waals surface area contributed by atoms with Crippen LogP contribution in [0.3, 0.4) is 0 Å². The highest BCUT2D eigenvalue weighted by atomic mass is 19.1. The number of rotatable bonds is 0. The zero-order valence-electron chi connectivity index (χ0n) is 7.62. The Kier molecular flexibility index (Phi) is 1.78. The van der Waals surface area contributed by atoms with Gasteiger partial charge in [0, 0.05) is 5.56 Å². The van der Waals surface area contributed by atoms with Gasteiger partial charge in [0.1, 0.15) is 17.6 Å². The molecule has 1 atom stereocenters. The van der Waals surface area contributed by atoms with Crippen molar-refractivity contribution in [3.63, 3.8) is 0 Å². The number of benzene rings is 1. The first kappa shape index (κ1) is 8.76. The molecule has 0 radical (unpaired) electrons. The number of hydrogen-bond donors (Lipinski definition) is 0. The van der Waals surface area contributed by atoms with Crippen LogP contribution in [-0.2, 0) is 0 Å². The van der Waals surface area contributed by atoms with Gasteiger partial charge < -0.3 is 4.74 Å². The highest BCUT2D eigenvalue weighted by Gasteiger charge is 2.26. The minimum absolute atomic E-state index is 0.308. The maximum Gasteiger partial charge on any atom is 0.210 e. The van der Waals surface area contributed by atoms with E-state index < -0.39 is 5.60 Å². The maximum atomic E-state index is 12.8. The van der Waals surface area contributed by atoms with E-state index in [-0.39, 0.29) is 5.82 Å². The second-order valence-electron chi connectivity index (χ2n) is 3.34. The third kappa shape index (κ3) is 1.35. The highest BCUT2D eigenvalue weighted by molar-refractivity contribution is 5.61. The first-order chi connectivity index (χ1) is 6.63. The summed E-state index contributed by atoms with van der Waals surface area (Å²) in [7, 11) is 0. The number of nitriles is 1. The fourth-order valence-corrected chi connectivity index (χ4v) is 1.31. The molecule has 2 rings (SSSR count). The molecule has 0 N–H and O–H groups in total. The Morgan fingerprint density at radius 3 is 3.00 bits per heavy atom. The van der Waals surface area contributed by atoms with E-state index in [4.69, 9.17) is 10.00 Å². The van der Waals surface area contributed by atoms with Crippen molar-refractivity contribution in [2.24, 2.45) is 0 Å². The van der Waals surface area contributed by atoms with E-state index in [2.05, 4.69) is 0 Å². The van der Waals surface area contributed by atoms with E-state index in [1.54, 1.807) is 19.1 Å². The van der Waals surface area contributed by atoms with Crippen molar-refractivity contribution in [1.82, 2.24) is 0 Å². The van der Waals surface area contributed by atoms with Gasteiger partial charge in [-0.25, -0.2) is 4.39 Å². The van der Waals surface area contributed by atoms with Crippen molar-refractivity contribution in [1.29, 1.82) is 5.26 Å². The molecule has 1 unspecified atom stereocenters. The second kappa shape index (κ2) is 2.85. The summed E-state index contributed by atoms with van der Waals surface area (Å²) in [6.45, 7) is 1.66. The van der Waals surface area contributed by atoms with E-state index in [9.17, 15) is 4.39 Å². The molecular formula is C11H8FNO. The monoisotopic (exact) mass is 189 g/mol. The molecule has 1 aliphatic heterocycles. The lowest BCUT2D eigenvalue weighted by Crippen LogP contribution is -2.29. The minimum atomic E-state index is -0.940. The average Bonchev–Trinajstić information content (AvgIpc) is 2.19. The van der Waals surface area contributed by atoms with Crippen LogP contribution < -0.4 is 4.74 Å². The number of nitrogens with zero attached hydrogens (tertiary/aromatic N) is 1. The lowest BCUT2D eigenvalue weighted by molar-refractivity contribution is 0.196. The Morgan fingerprint density at radius 2 is 2.29 bits per heavy atom. The molecular weight excluding hydrogens is 181 g/mol. The van der Waals surface area contributed by atoms with Gasteiger partial charge in [-0.1, -0.05) is 6.08 Å². The van der Waals surface area contributed by atoms with Gasteiger partial charge in [0.25, 0.3) is 0 Å². The smallest absolute Gasteiger partial charge is 0.210 e. The van der Waals surface area contributed by atoms with Crippen LogP contribution in [0, 0.1) is 17.1 Å². The summed E-state index contributed by atoms with van der Waals surface area (Å²) in [5.41, 5.74) is -0.275. The van der Waals surface area contributed by atoms with Gasteiger partial charge in [-0.15, -0.1) is 0 Å². The predicted molar refractivity (Wildman–Crippen MR) is 50.1 cm³/mol. The predicted octanol–water partition coefficient (Wildman–Crippen LogP) is 2.51. The van der Waals surface area contributed by atoms with Crippen molar-refractivity contribution < 1.29 is 9.13 Å². The molecule has 0 fully saturated rings. The van der Waals surface area contributed by atoms with Gasteiger partial charge in [0.15, 0.2) is 0 Å². The van der Waals surface area contributed by atoms with Gasteiger partial charge in [-0.3, -0.25) is 0 Å². The molecule has 3 heteroatoms. The lowest BCUT2D eigenvalue weighted by Gasteiger charge is -2.24. The van der Waals surface area contributed by atoms with E-state index in [0.717, 1.165) is 0 Å². The van der Waals surface area contributed by atoms with Crippen LogP contribution in [0.2, 0.25) is 0 Å². The van der Waals surface area contributed by atoms with Crippen molar-refractivity contribution in [3.05, 3.63) is 35.7 Å². The summed E-state index contributed by atoms with van der Waals surface area (Å²) in [6, 6.07) is 6.26. The van der Waals surface area contributed by atoms with E-state index in [1.165, 1.54) is 18.2 Å². The Hall–Kier alpha value is -1.82. The number of hydrogen-bond acceptors (Lipinski definition) is 2. The maximum absolute atomic E-state index is 12.8. The molecule has 0 spiro atoms. The van der Waals surface area contributed by atoms with Crippen LogP contribution in [0.5, 0.6) is 5.75 Å². The van der Waals surface area contributed by atoms with Crippen LogP contribution in [-0.4, -0.2) is 5.60 Å². The molecule has 14 heavy (non-hydrogen) atoms. The van der Waals surface area contributed by atoms with Crippen LogP contribution in [0.15, 0.2) is 24.3 Å². The minimum Gasteiger partial charge on any atom is -0.468 e. The molecule has 0 aliphatic carbocycles. The van der Waals surface area contributed by atoms with Gasteiger partial charge in [0.05, 0.1) is 0 Å². The number of halogens is 1. The van der Waals surface area contributed by atoms with Crippen LogP contribution >= 0.6 is 0 Å². The molecule has 1 aliphatic rings. The highest BCUT2D eigenvalue weighted by Crippen LogP contribution is 2.30. The van der Waals surface area contributed by atoms with E-state index >= 15 is 0 Å². The van der Waals surface area contributed by atoms with Gasteiger partial charge >= 0.3 is 0 Å². The Bertz CT molecular complexity index is 447. The first-order valence-electron chi connectivity index (χ1n) is 4.22. The third-order valence-electron chi connectivity index (χ3n) is 2.10. The summed E-state index contributed by atoms with van der Waals surface area (Å²) in [4.78, 5) is 0. The SMILES string of the molecule is CC1(C#N)C=Cc2cc(F)ccc2O1. The number of fused-ring (bicyclic) bond motifs is 1. The summed E-state index contributed by atoms with van der Waals surface area (Å²) in [6.07, 6.45) is 3.32. The molecule has 2 nitrogen and oxygen atoms in total. The Balaban J connectivity index is 2.47. The standard InChI is InChI=1S/C11H8FNO/c1-11(7-13)5-4-8-6-9(12)2-3-10(8)14-11/h2-6H,1H3. The molecule has 0 aromatic heterocycles. The largest absolute Gasteiger partial charge is 0.468 e. The van der Waals surface area contributed by atoms with E-state index in [1.807, 2.05) is 6.07 Å². The molecule has 70 valence electrons. The summed E-state index contributed by atoms with van der Waals surface area (Å²) in [5.74, 6) is 0.232. The molecule has 1 heterocycles.